The molecule has 0 unspecified atom stereocenters. The molecule has 108 valence electrons. The Morgan fingerprint density at radius 1 is 1.30 bits per heavy atom. The molecule has 0 amide bonds. The molecule has 1 fully saturated rings. The zero-order valence-electron chi connectivity index (χ0n) is 11.8. The van der Waals surface area contributed by atoms with Crippen LogP contribution in [-0.2, 0) is 5.54 Å². The van der Waals surface area contributed by atoms with Crippen LogP contribution in [0.25, 0.3) is 11.0 Å². The van der Waals surface area contributed by atoms with Crippen LogP contribution in [0, 0.1) is 10.6 Å². The highest BCUT2D eigenvalue weighted by molar-refractivity contribution is 7.71. The molecule has 20 heavy (non-hydrogen) atoms. The van der Waals surface area contributed by atoms with E-state index in [4.69, 9.17) is 17.0 Å². The lowest BCUT2D eigenvalue weighted by Gasteiger charge is -2.35. The maximum Gasteiger partial charge on any atom is 0.178 e. The van der Waals surface area contributed by atoms with Gasteiger partial charge >= 0.3 is 0 Å². The van der Waals surface area contributed by atoms with E-state index in [1.807, 2.05) is 0 Å². The number of nitrogens with zero attached hydrogens (tertiary/aromatic N) is 1. The van der Waals surface area contributed by atoms with Crippen LogP contribution in [0.2, 0.25) is 0 Å². The second-order valence-electron chi connectivity index (χ2n) is 5.83. The normalized spacial score (nSPS) is 18.4. The zero-order valence-corrected chi connectivity index (χ0v) is 12.6. The van der Waals surface area contributed by atoms with Crippen molar-refractivity contribution in [3.05, 3.63) is 22.7 Å². The fourth-order valence-electron chi connectivity index (χ4n) is 3.34. The molecular weight excluding hydrogens is 275 g/mol. The van der Waals surface area contributed by atoms with E-state index in [1.165, 1.54) is 32.4 Å². The number of aromatic nitrogens is 2. The average molecular weight is 294 g/mol. The number of imidazole rings is 1. The molecule has 0 radical (unpaired) electrons. The topological polar surface area (TPSA) is 29.9 Å². The van der Waals surface area contributed by atoms with Crippen LogP contribution in [0.1, 0.15) is 39.0 Å². The summed E-state index contributed by atoms with van der Waals surface area (Å²) in [6.45, 7) is 2.24. The van der Waals surface area contributed by atoms with Gasteiger partial charge in [-0.3, -0.25) is 0 Å². The van der Waals surface area contributed by atoms with Crippen molar-refractivity contribution in [2.75, 3.05) is 7.11 Å². The van der Waals surface area contributed by atoms with E-state index in [-0.39, 0.29) is 17.1 Å². The van der Waals surface area contributed by atoms with E-state index in [2.05, 4.69) is 16.5 Å². The molecule has 2 aromatic rings. The zero-order chi connectivity index (χ0) is 14.3. The van der Waals surface area contributed by atoms with Gasteiger partial charge in [-0.1, -0.05) is 19.3 Å². The van der Waals surface area contributed by atoms with Gasteiger partial charge in [0.1, 0.15) is 0 Å². The number of fused-ring (bicyclic) bond motifs is 1. The maximum absolute atomic E-state index is 13.8. The van der Waals surface area contributed by atoms with Crippen LogP contribution >= 0.6 is 12.2 Å². The predicted octanol–water partition coefficient (Wildman–Crippen LogP) is 4.53. The monoisotopic (exact) mass is 294 g/mol. The second-order valence-corrected chi connectivity index (χ2v) is 6.21. The molecule has 1 saturated carbocycles. The molecular formula is C15H19FN2OS. The van der Waals surface area contributed by atoms with Crippen LogP contribution < -0.4 is 4.74 Å². The first-order chi connectivity index (χ1) is 9.55. The molecule has 1 aromatic carbocycles. The first-order valence-corrected chi connectivity index (χ1v) is 7.45. The third kappa shape index (κ3) is 2.04. The largest absolute Gasteiger partial charge is 0.494 e. The Bertz CT molecular complexity index is 698. The molecule has 1 aliphatic rings. The number of hydrogen-bond donors (Lipinski definition) is 1. The van der Waals surface area contributed by atoms with Crippen molar-refractivity contribution in [3.63, 3.8) is 0 Å². The van der Waals surface area contributed by atoms with Gasteiger partial charge < -0.3 is 14.3 Å². The first kappa shape index (κ1) is 13.6. The minimum absolute atomic E-state index is 0.0103. The highest BCUT2D eigenvalue weighted by Crippen LogP contribution is 2.38. The van der Waals surface area contributed by atoms with E-state index in [0.717, 1.165) is 23.9 Å². The summed E-state index contributed by atoms with van der Waals surface area (Å²) in [6, 6.07) is 3.21. The molecule has 0 aliphatic heterocycles. The molecule has 3 nitrogen and oxygen atoms in total. The number of halogens is 1. The Balaban J connectivity index is 2.24. The summed E-state index contributed by atoms with van der Waals surface area (Å²) in [5, 5.41) is 0. The van der Waals surface area contributed by atoms with E-state index in [1.54, 1.807) is 6.07 Å². The summed E-state index contributed by atoms with van der Waals surface area (Å²) in [5.41, 5.74) is 1.67. The van der Waals surface area contributed by atoms with Gasteiger partial charge in [0, 0.05) is 17.7 Å². The van der Waals surface area contributed by atoms with Crippen molar-refractivity contribution in [1.29, 1.82) is 0 Å². The summed E-state index contributed by atoms with van der Waals surface area (Å²) in [7, 11) is 1.48. The van der Waals surface area contributed by atoms with Crippen molar-refractivity contribution < 1.29 is 9.13 Å². The summed E-state index contributed by atoms with van der Waals surface area (Å²) in [6.07, 6.45) is 5.91. The van der Waals surface area contributed by atoms with Crippen LogP contribution in [0.5, 0.6) is 5.75 Å². The fraction of sp³-hybridized carbons (Fsp3) is 0.533. The maximum atomic E-state index is 13.8. The molecule has 0 spiro atoms. The van der Waals surface area contributed by atoms with Crippen molar-refractivity contribution in [2.24, 2.45) is 0 Å². The average Bonchev–Trinajstić information content (AvgIpc) is 2.74. The van der Waals surface area contributed by atoms with Crippen LogP contribution in [0.3, 0.4) is 0 Å². The molecule has 0 bridgehead atoms. The highest BCUT2D eigenvalue weighted by atomic mass is 32.1. The molecule has 1 aliphatic carbocycles. The van der Waals surface area contributed by atoms with E-state index < -0.39 is 0 Å². The molecule has 1 heterocycles. The molecule has 1 N–H and O–H groups in total. The Hall–Kier alpha value is -1.36. The van der Waals surface area contributed by atoms with Gasteiger partial charge in [0.25, 0.3) is 0 Å². The number of aromatic amines is 1. The van der Waals surface area contributed by atoms with E-state index >= 15 is 0 Å². The minimum atomic E-state index is -0.364. The second kappa shape index (κ2) is 4.88. The summed E-state index contributed by atoms with van der Waals surface area (Å²) in [5.74, 6) is -0.100. The summed E-state index contributed by atoms with van der Waals surface area (Å²) < 4.78 is 21.7. The van der Waals surface area contributed by atoms with Gasteiger partial charge in [-0.2, -0.15) is 0 Å². The number of ether oxygens (including phenoxy) is 1. The smallest absolute Gasteiger partial charge is 0.178 e. The molecule has 0 saturated heterocycles. The van der Waals surface area contributed by atoms with Crippen LogP contribution in [0.15, 0.2) is 12.1 Å². The number of rotatable bonds is 2. The quantitative estimate of drug-likeness (QED) is 0.825. The predicted molar refractivity (Wildman–Crippen MR) is 80.4 cm³/mol. The van der Waals surface area contributed by atoms with Gasteiger partial charge in [-0.15, -0.1) is 0 Å². The van der Waals surface area contributed by atoms with Crippen molar-refractivity contribution >= 4 is 23.3 Å². The Morgan fingerprint density at radius 2 is 2.00 bits per heavy atom. The Kier molecular flexibility index (Phi) is 3.32. The highest BCUT2D eigenvalue weighted by Gasteiger charge is 2.31. The van der Waals surface area contributed by atoms with Gasteiger partial charge in [-0.05, 0) is 32.0 Å². The molecule has 3 rings (SSSR count). The van der Waals surface area contributed by atoms with Crippen LogP contribution in [0.4, 0.5) is 4.39 Å². The number of benzene rings is 1. The lowest BCUT2D eigenvalue weighted by molar-refractivity contribution is 0.222. The van der Waals surface area contributed by atoms with Gasteiger partial charge in [0.15, 0.2) is 16.3 Å². The lowest BCUT2D eigenvalue weighted by Crippen LogP contribution is -2.32. The first-order valence-electron chi connectivity index (χ1n) is 7.04. The molecule has 5 heteroatoms. The molecule has 0 atom stereocenters. The fourth-order valence-corrected chi connectivity index (χ4v) is 3.77. The van der Waals surface area contributed by atoms with E-state index in [0.29, 0.717) is 4.77 Å². The number of hydrogen-bond acceptors (Lipinski definition) is 2. The van der Waals surface area contributed by atoms with Gasteiger partial charge in [0.2, 0.25) is 0 Å². The number of methoxy groups -OCH3 is 1. The SMILES string of the molecule is COc1cc2c(cc1F)[nH]c(=S)n2C1(C)CCCCC1. The standard InChI is InChI=1S/C15H19FN2OS/c1-15(6-4-3-5-7-15)18-12-9-13(19-2)10(16)8-11(12)17-14(18)20/h8-9H,3-7H2,1-2H3,(H,17,20). The Morgan fingerprint density at radius 3 is 2.65 bits per heavy atom. The van der Waals surface area contributed by atoms with Gasteiger partial charge in [-0.25, -0.2) is 4.39 Å². The molecule has 1 aromatic heterocycles. The van der Waals surface area contributed by atoms with Crippen molar-refractivity contribution in [2.45, 2.75) is 44.6 Å². The number of H-pyrrole nitrogens is 1. The number of nitrogens with one attached hydrogen (secondary N) is 1. The van der Waals surface area contributed by atoms with Crippen molar-refractivity contribution in [1.82, 2.24) is 9.55 Å². The van der Waals surface area contributed by atoms with Crippen molar-refractivity contribution in [3.8, 4) is 5.75 Å². The van der Waals surface area contributed by atoms with Crippen LogP contribution in [-0.4, -0.2) is 16.7 Å². The van der Waals surface area contributed by atoms with Gasteiger partial charge in [0.05, 0.1) is 18.1 Å². The third-order valence-corrected chi connectivity index (χ3v) is 4.71. The summed E-state index contributed by atoms with van der Waals surface area (Å²) >= 11 is 5.47. The minimum Gasteiger partial charge on any atom is -0.494 e. The Labute approximate surface area is 122 Å². The summed E-state index contributed by atoms with van der Waals surface area (Å²) in [4.78, 5) is 3.12. The third-order valence-electron chi connectivity index (χ3n) is 4.43. The van der Waals surface area contributed by atoms with E-state index in [9.17, 15) is 4.39 Å². The lowest BCUT2D eigenvalue weighted by atomic mass is 9.83.